The van der Waals surface area contributed by atoms with E-state index in [2.05, 4.69) is 0 Å². The predicted molar refractivity (Wildman–Crippen MR) is 87.3 cm³/mol. The summed E-state index contributed by atoms with van der Waals surface area (Å²) in [6.07, 6.45) is 0.343. The number of aliphatic hydroxyl groups is 1. The number of ketones is 1. The Balaban J connectivity index is 1.88. The van der Waals surface area contributed by atoms with Gasteiger partial charge in [-0.15, -0.1) is 11.6 Å². The summed E-state index contributed by atoms with van der Waals surface area (Å²) in [4.78, 5) is 25.1. The molecule has 23 heavy (non-hydrogen) atoms. The first-order chi connectivity index (χ1) is 10.9. The highest BCUT2D eigenvalue weighted by Gasteiger charge is 2.40. The molecule has 1 fully saturated rings. The van der Waals surface area contributed by atoms with Crippen molar-refractivity contribution in [2.24, 2.45) is 5.92 Å². The Labute approximate surface area is 141 Å². The largest absolute Gasteiger partial charge is 0.445 e. The molecule has 0 spiro atoms. The van der Waals surface area contributed by atoms with Crippen LogP contribution in [0.4, 0.5) is 4.79 Å². The Kier molecular flexibility index (Phi) is 6.02. The second kappa shape index (κ2) is 7.79. The molecule has 0 saturated carbocycles. The molecule has 1 aromatic rings. The Morgan fingerprint density at radius 1 is 1.39 bits per heavy atom. The summed E-state index contributed by atoms with van der Waals surface area (Å²) in [6, 6.07) is 9.43. The summed E-state index contributed by atoms with van der Waals surface area (Å²) >= 11 is 5.53. The van der Waals surface area contributed by atoms with E-state index in [4.69, 9.17) is 16.3 Å². The van der Waals surface area contributed by atoms with Crippen LogP contribution < -0.4 is 0 Å². The van der Waals surface area contributed by atoms with Crippen molar-refractivity contribution in [1.29, 1.82) is 0 Å². The zero-order valence-corrected chi connectivity index (χ0v) is 14.0. The van der Waals surface area contributed by atoms with E-state index in [9.17, 15) is 14.7 Å². The molecule has 2 atom stereocenters. The standard InChI is InChI=1S/C17H22ClNO4/c1-17(22)12-19(8-7-14(17)9-15(20)10-18)16(21)23-11-13-5-3-2-4-6-13/h2-6,14,22H,7-12H2,1H3/t14-,17+/m0/s1. The highest BCUT2D eigenvalue weighted by Crippen LogP contribution is 2.30. The van der Waals surface area contributed by atoms with E-state index >= 15 is 0 Å². The number of piperidine rings is 1. The summed E-state index contributed by atoms with van der Waals surface area (Å²) in [6.45, 7) is 2.47. The van der Waals surface area contributed by atoms with E-state index in [1.807, 2.05) is 30.3 Å². The molecule has 1 N–H and O–H groups in total. The smallest absolute Gasteiger partial charge is 0.410 e. The fraction of sp³-hybridized carbons (Fsp3) is 0.529. The molecule has 2 rings (SSSR count). The molecule has 1 aliphatic heterocycles. The van der Waals surface area contributed by atoms with Crippen LogP contribution in [0, 0.1) is 5.92 Å². The van der Waals surface area contributed by atoms with Crippen LogP contribution >= 0.6 is 11.6 Å². The fourth-order valence-corrected chi connectivity index (χ4v) is 2.94. The van der Waals surface area contributed by atoms with Crippen LogP contribution in [-0.2, 0) is 16.1 Å². The van der Waals surface area contributed by atoms with Gasteiger partial charge in [-0.05, 0) is 24.8 Å². The van der Waals surface area contributed by atoms with Gasteiger partial charge >= 0.3 is 6.09 Å². The van der Waals surface area contributed by atoms with Gasteiger partial charge in [0, 0.05) is 13.0 Å². The first kappa shape index (κ1) is 17.8. The average Bonchev–Trinajstić information content (AvgIpc) is 2.55. The van der Waals surface area contributed by atoms with Crippen molar-refractivity contribution in [3.8, 4) is 0 Å². The number of carbonyl (C=O) groups is 2. The van der Waals surface area contributed by atoms with Crippen LogP contribution in [0.25, 0.3) is 0 Å². The summed E-state index contributed by atoms with van der Waals surface area (Å²) in [7, 11) is 0. The van der Waals surface area contributed by atoms with E-state index in [0.717, 1.165) is 5.56 Å². The van der Waals surface area contributed by atoms with Crippen molar-refractivity contribution in [2.45, 2.75) is 32.0 Å². The first-order valence-electron chi connectivity index (χ1n) is 7.68. The molecular weight excluding hydrogens is 318 g/mol. The molecule has 0 aromatic heterocycles. The molecule has 0 unspecified atom stereocenters. The maximum absolute atomic E-state index is 12.1. The third-order valence-corrected chi connectivity index (χ3v) is 4.52. The summed E-state index contributed by atoms with van der Waals surface area (Å²) in [5, 5.41) is 10.5. The average molecular weight is 340 g/mol. The van der Waals surface area contributed by atoms with Crippen LogP contribution in [-0.4, -0.2) is 46.5 Å². The van der Waals surface area contributed by atoms with Crippen LogP contribution in [0.5, 0.6) is 0 Å². The van der Waals surface area contributed by atoms with Crippen LogP contribution in [0.1, 0.15) is 25.3 Å². The number of ether oxygens (including phenoxy) is 1. The highest BCUT2D eigenvalue weighted by molar-refractivity contribution is 6.27. The second-order valence-corrected chi connectivity index (χ2v) is 6.45. The van der Waals surface area contributed by atoms with Crippen molar-refractivity contribution in [2.75, 3.05) is 19.0 Å². The van der Waals surface area contributed by atoms with Gasteiger partial charge in [-0.1, -0.05) is 30.3 Å². The first-order valence-corrected chi connectivity index (χ1v) is 8.21. The zero-order chi connectivity index (χ0) is 16.9. The number of carbonyl (C=O) groups excluding carboxylic acids is 2. The molecule has 6 heteroatoms. The van der Waals surface area contributed by atoms with Gasteiger partial charge in [-0.3, -0.25) is 4.79 Å². The maximum atomic E-state index is 12.1. The van der Waals surface area contributed by atoms with E-state index in [1.165, 1.54) is 4.90 Å². The van der Waals surface area contributed by atoms with E-state index < -0.39 is 11.7 Å². The minimum atomic E-state index is -1.12. The minimum Gasteiger partial charge on any atom is -0.445 e. The van der Waals surface area contributed by atoms with E-state index in [-0.39, 0.29) is 37.2 Å². The quantitative estimate of drug-likeness (QED) is 0.837. The van der Waals surface area contributed by atoms with Gasteiger partial charge < -0.3 is 14.7 Å². The molecular formula is C17H22ClNO4. The van der Waals surface area contributed by atoms with Gasteiger partial charge in [0.1, 0.15) is 12.4 Å². The topological polar surface area (TPSA) is 66.8 Å². The third kappa shape index (κ3) is 4.94. The zero-order valence-electron chi connectivity index (χ0n) is 13.2. The summed E-state index contributed by atoms with van der Waals surface area (Å²) < 4.78 is 5.29. The maximum Gasteiger partial charge on any atom is 0.410 e. The van der Waals surface area contributed by atoms with E-state index in [0.29, 0.717) is 13.0 Å². The Bertz CT molecular complexity index is 547. The van der Waals surface area contributed by atoms with Gasteiger partial charge in [-0.25, -0.2) is 4.79 Å². The Hall–Kier alpha value is -1.59. The van der Waals surface area contributed by atoms with Crippen molar-refractivity contribution in [3.63, 3.8) is 0 Å². The van der Waals surface area contributed by atoms with Gasteiger partial charge in [0.05, 0.1) is 18.0 Å². The van der Waals surface area contributed by atoms with Crippen molar-refractivity contribution >= 4 is 23.5 Å². The number of Topliss-reactive ketones (excluding diaryl/α,β-unsaturated/α-hetero) is 1. The van der Waals surface area contributed by atoms with Crippen LogP contribution in [0.15, 0.2) is 30.3 Å². The molecule has 1 heterocycles. The van der Waals surface area contributed by atoms with Crippen molar-refractivity contribution in [1.82, 2.24) is 4.90 Å². The van der Waals surface area contributed by atoms with Crippen molar-refractivity contribution in [3.05, 3.63) is 35.9 Å². The third-order valence-electron chi connectivity index (χ3n) is 4.22. The number of hydrogen-bond acceptors (Lipinski definition) is 4. The van der Waals surface area contributed by atoms with E-state index in [1.54, 1.807) is 6.92 Å². The van der Waals surface area contributed by atoms with Crippen LogP contribution in [0.3, 0.4) is 0 Å². The monoisotopic (exact) mass is 339 g/mol. The molecule has 1 aromatic carbocycles. The van der Waals surface area contributed by atoms with Gasteiger partial charge in [0.2, 0.25) is 0 Å². The molecule has 1 aliphatic rings. The lowest BCUT2D eigenvalue weighted by atomic mass is 9.80. The molecule has 0 radical (unpaired) electrons. The number of β-amino-alcohol motifs (C(OH)–C–C–N with tert-alkyl or cyclic N) is 1. The van der Waals surface area contributed by atoms with Crippen molar-refractivity contribution < 1.29 is 19.4 Å². The Morgan fingerprint density at radius 2 is 2.09 bits per heavy atom. The number of rotatable bonds is 5. The predicted octanol–water partition coefficient (Wildman–Crippen LogP) is 2.59. The lowest BCUT2D eigenvalue weighted by molar-refractivity contribution is -0.122. The lowest BCUT2D eigenvalue weighted by Gasteiger charge is -2.42. The summed E-state index contributed by atoms with van der Waals surface area (Å²) in [5.41, 5.74) is -0.207. The molecule has 1 amide bonds. The van der Waals surface area contributed by atoms with Crippen LogP contribution in [0.2, 0.25) is 0 Å². The minimum absolute atomic E-state index is 0.0462. The fourth-order valence-electron chi connectivity index (χ4n) is 2.83. The number of alkyl halides is 1. The SMILES string of the molecule is C[C@@]1(O)CN(C(=O)OCc2ccccc2)CC[C@H]1CC(=O)CCl. The van der Waals surface area contributed by atoms with Gasteiger partial charge in [0.25, 0.3) is 0 Å². The molecule has 0 aliphatic carbocycles. The molecule has 1 saturated heterocycles. The molecule has 0 bridgehead atoms. The number of halogens is 1. The molecule has 5 nitrogen and oxygen atoms in total. The second-order valence-electron chi connectivity index (χ2n) is 6.18. The van der Waals surface area contributed by atoms with Gasteiger partial charge in [-0.2, -0.15) is 0 Å². The number of hydrogen-bond donors (Lipinski definition) is 1. The molecule has 126 valence electrons. The number of benzene rings is 1. The summed E-state index contributed by atoms with van der Waals surface area (Å²) in [5.74, 6) is -0.320. The number of amides is 1. The number of likely N-dealkylation sites (tertiary alicyclic amines) is 1. The number of nitrogens with zero attached hydrogens (tertiary/aromatic N) is 1. The lowest BCUT2D eigenvalue weighted by Crippen LogP contribution is -2.54. The van der Waals surface area contributed by atoms with Gasteiger partial charge in [0.15, 0.2) is 0 Å². The highest BCUT2D eigenvalue weighted by atomic mass is 35.5. The Morgan fingerprint density at radius 3 is 2.70 bits per heavy atom. The normalized spacial score (nSPS) is 24.3.